The van der Waals surface area contributed by atoms with Crippen LogP contribution >= 0.6 is 12.2 Å². The van der Waals surface area contributed by atoms with E-state index in [0.29, 0.717) is 27.9 Å². The summed E-state index contributed by atoms with van der Waals surface area (Å²) >= 11 is 5.79. The second-order valence-corrected chi connectivity index (χ2v) is 9.90. The van der Waals surface area contributed by atoms with Gasteiger partial charge in [-0.3, -0.25) is 4.98 Å². The molecule has 0 saturated carbocycles. The summed E-state index contributed by atoms with van der Waals surface area (Å²) < 4.78 is 12.2. The first-order valence-corrected chi connectivity index (χ1v) is 13.3. The zero-order chi connectivity index (χ0) is 29.2. The number of hydrogen-bond donors (Lipinski definition) is 3. The van der Waals surface area contributed by atoms with Crippen molar-refractivity contribution in [3.63, 3.8) is 0 Å². The number of pyridine rings is 1. The third-order valence-electron chi connectivity index (χ3n) is 6.82. The highest BCUT2D eigenvalue weighted by Gasteiger charge is 2.42. The summed E-state index contributed by atoms with van der Waals surface area (Å²) in [6, 6.07) is 29.1. The number of thiocarbonyl (C=S) groups is 1. The fourth-order valence-electron chi connectivity index (χ4n) is 4.91. The number of ether oxygens (including phenoxy) is 1. The second kappa shape index (κ2) is 11.2. The number of nitrogens with zero attached hydrogens (tertiary/aromatic N) is 2. The Morgan fingerprint density at radius 1 is 0.833 bits per heavy atom. The Morgan fingerprint density at radius 3 is 2.14 bits per heavy atom. The van der Waals surface area contributed by atoms with E-state index in [4.69, 9.17) is 21.4 Å². The molecule has 0 radical (unpaired) electrons. The molecule has 5 aromatic rings. The van der Waals surface area contributed by atoms with Crippen molar-refractivity contribution < 1.29 is 29.0 Å². The largest absolute Gasteiger partial charge is 0.478 e. The minimum absolute atomic E-state index is 0.155. The van der Waals surface area contributed by atoms with Crippen LogP contribution in [0.15, 0.2) is 114 Å². The van der Waals surface area contributed by atoms with Gasteiger partial charge in [-0.25, -0.2) is 9.59 Å². The van der Waals surface area contributed by atoms with Crippen molar-refractivity contribution in [3.05, 3.63) is 132 Å². The van der Waals surface area contributed by atoms with Crippen molar-refractivity contribution in [2.75, 3.05) is 4.90 Å². The van der Waals surface area contributed by atoms with Crippen LogP contribution in [0.3, 0.4) is 0 Å². The predicted octanol–water partition coefficient (Wildman–Crippen LogP) is 6.71. The molecule has 6 rings (SSSR count). The number of aromatic nitrogens is 1. The van der Waals surface area contributed by atoms with E-state index in [9.17, 15) is 19.8 Å². The summed E-state index contributed by atoms with van der Waals surface area (Å²) in [7, 11) is 0. The predicted molar refractivity (Wildman–Crippen MR) is 159 cm³/mol. The molecule has 2 aromatic heterocycles. The summed E-state index contributed by atoms with van der Waals surface area (Å²) in [6.07, 6.45) is 1.70. The molecule has 3 aromatic carbocycles. The van der Waals surface area contributed by atoms with E-state index in [2.05, 4.69) is 10.3 Å². The number of carboxylic acid groups (broad SMARTS) is 2. The van der Waals surface area contributed by atoms with Crippen molar-refractivity contribution >= 4 is 35.0 Å². The van der Waals surface area contributed by atoms with Gasteiger partial charge in [-0.2, -0.15) is 0 Å². The van der Waals surface area contributed by atoms with Crippen LogP contribution in [0.25, 0.3) is 11.3 Å². The van der Waals surface area contributed by atoms with Gasteiger partial charge in [0.1, 0.15) is 29.1 Å². The van der Waals surface area contributed by atoms with E-state index in [1.165, 1.54) is 12.1 Å². The topological polar surface area (TPSA) is 125 Å². The number of rotatable bonds is 8. The highest BCUT2D eigenvalue weighted by atomic mass is 32.1. The standard InChI is InChI=1S/C32H23N3O6S/c36-30(37)20-16-19(17-21(18-20)31(38)39)26-13-14-27(41-26)29-28(25-8-4-5-15-33-25)34-32(42)35(29)22-9-11-24(12-10-22)40-23-6-2-1-3-7-23/h1-18,28-29H,(H,34,42)(H,36,37)(H,38,39)/t28-,29+/m1/s1. The van der Waals surface area contributed by atoms with E-state index >= 15 is 0 Å². The third kappa shape index (κ3) is 5.30. The number of hydrogen-bond acceptors (Lipinski definition) is 6. The molecule has 1 fully saturated rings. The first-order chi connectivity index (χ1) is 20.4. The van der Waals surface area contributed by atoms with Crippen LogP contribution in [0.2, 0.25) is 0 Å². The molecule has 42 heavy (non-hydrogen) atoms. The Kier molecular flexibility index (Phi) is 7.12. The quantitative estimate of drug-likeness (QED) is 0.171. The molecule has 3 heterocycles. The minimum atomic E-state index is -1.24. The number of anilines is 1. The van der Waals surface area contributed by atoms with Crippen LogP contribution in [-0.4, -0.2) is 32.2 Å². The van der Waals surface area contributed by atoms with Gasteiger partial charge in [-0.15, -0.1) is 0 Å². The van der Waals surface area contributed by atoms with Gasteiger partial charge in [0.2, 0.25) is 0 Å². The van der Waals surface area contributed by atoms with Gasteiger partial charge in [-0.05, 0) is 91.1 Å². The minimum Gasteiger partial charge on any atom is -0.478 e. The number of furan rings is 1. The lowest BCUT2D eigenvalue weighted by atomic mass is 10.0. The number of benzene rings is 3. The maximum atomic E-state index is 11.7. The van der Waals surface area contributed by atoms with Gasteiger partial charge >= 0.3 is 11.9 Å². The van der Waals surface area contributed by atoms with Crippen molar-refractivity contribution in [2.45, 2.75) is 12.1 Å². The summed E-state index contributed by atoms with van der Waals surface area (Å²) in [5.74, 6) is -0.253. The summed E-state index contributed by atoms with van der Waals surface area (Å²) in [4.78, 5) is 29.8. The smallest absolute Gasteiger partial charge is 0.335 e. The average molecular weight is 578 g/mol. The van der Waals surface area contributed by atoms with Gasteiger partial charge in [0.05, 0.1) is 22.9 Å². The van der Waals surface area contributed by atoms with Gasteiger partial charge in [0, 0.05) is 17.4 Å². The van der Waals surface area contributed by atoms with Gasteiger partial charge in [0.25, 0.3) is 0 Å². The van der Waals surface area contributed by atoms with E-state index in [-0.39, 0.29) is 17.2 Å². The number of aromatic carboxylic acids is 2. The fourth-order valence-corrected chi connectivity index (χ4v) is 5.25. The van der Waals surface area contributed by atoms with Crippen molar-refractivity contribution in [3.8, 4) is 22.8 Å². The first kappa shape index (κ1) is 26.7. The van der Waals surface area contributed by atoms with Crippen LogP contribution in [0.4, 0.5) is 5.69 Å². The van der Waals surface area contributed by atoms with Crippen molar-refractivity contribution in [1.29, 1.82) is 0 Å². The number of nitrogens with one attached hydrogen (secondary N) is 1. The van der Waals surface area contributed by atoms with Crippen LogP contribution in [-0.2, 0) is 0 Å². The van der Waals surface area contributed by atoms with E-state index in [1.807, 2.05) is 77.7 Å². The molecule has 208 valence electrons. The SMILES string of the molecule is O=C(O)c1cc(C(=O)O)cc(-c2ccc([C@H]3[C@@H](c4ccccn4)NC(=S)N3c3ccc(Oc4ccccc4)cc3)o2)c1. The molecule has 9 nitrogen and oxygen atoms in total. The zero-order valence-corrected chi connectivity index (χ0v) is 22.7. The van der Waals surface area contributed by atoms with Gasteiger partial charge < -0.3 is 29.6 Å². The van der Waals surface area contributed by atoms with Crippen LogP contribution in [0.5, 0.6) is 11.5 Å². The molecule has 0 bridgehead atoms. The lowest BCUT2D eigenvalue weighted by molar-refractivity contribution is 0.0696. The molecule has 0 aliphatic carbocycles. The highest BCUT2D eigenvalue weighted by molar-refractivity contribution is 7.80. The third-order valence-corrected chi connectivity index (χ3v) is 7.14. The average Bonchev–Trinajstić information content (AvgIpc) is 3.63. The molecule has 3 N–H and O–H groups in total. The second-order valence-electron chi connectivity index (χ2n) is 9.52. The summed E-state index contributed by atoms with van der Waals surface area (Å²) in [5, 5.41) is 22.9. The maximum Gasteiger partial charge on any atom is 0.335 e. The van der Waals surface area contributed by atoms with E-state index < -0.39 is 18.0 Å². The monoisotopic (exact) mass is 577 g/mol. The van der Waals surface area contributed by atoms with Gasteiger partial charge in [0.15, 0.2) is 5.11 Å². The molecule has 1 aliphatic rings. The van der Waals surface area contributed by atoms with E-state index in [1.54, 1.807) is 18.3 Å². The van der Waals surface area contributed by atoms with Crippen LogP contribution < -0.4 is 15.0 Å². The highest BCUT2D eigenvalue weighted by Crippen LogP contribution is 2.43. The van der Waals surface area contributed by atoms with Crippen molar-refractivity contribution in [1.82, 2.24) is 10.3 Å². The fraction of sp³-hybridized carbons (Fsp3) is 0.0625. The Balaban J connectivity index is 1.38. The molecular weight excluding hydrogens is 554 g/mol. The number of carbonyl (C=O) groups is 2. The van der Waals surface area contributed by atoms with Gasteiger partial charge in [-0.1, -0.05) is 24.3 Å². The molecule has 10 heteroatoms. The Hall–Kier alpha value is -5.48. The molecule has 0 amide bonds. The molecule has 0 unspecified atom stereocenters. The molecule has 2 atom stereocenters. The maximum absolute atomic E-state index is 11.7. The number of carboxylic acids is 2. The summed E-state index contributed by atoms with van der Waals surface area (Å²) in [6.45, 7) is 0. The summed E-state index contributed by atoms with van der Waals surface area (Å²) in [5.41, 5.74) is 1.55. The Bertz CT molecular complexity index is 1740. The zero-order valence-electron chi connectivity index (χ0n) is 21.9. The molecule has 1 aliphatic heterocycles. The molecular formula is C32H23N3O6S. The molecule has 1 saturated heterocycles. The van der Waals surface area contributed by atoms with Crippen LogP contribution in [0.1, 0.15) is 44.3 Å². The lowest BCUT2D eigenvalue weighted by Gasteiger charge is -2.26. The first-order valence-electron chi connectivity index (χ1n) is 12.9. The normalized spacial score (nSPS) is 16.2. The van der Waals surface area contributed by atoms with Crippen LogP contribution in [0, 0.1) is 0 Å². The van der Waals surface area contributed by atoms with Crippen molar-refractivity contribution in [2.24, 2.45) is 0 Å². The Labute approximate surface area is 245 Å². The Morgan fingerprint density at radius 2 is 1.50 bits per heavy atom. The number of para-hydroxylation sites is 1. The molecule has 0 spiro atoms. The lowest BCUT2D eigenvalue weighted by Crippen LogP contribution is -2.29. The van der Waals surface area contributed by atoms with E-state index in [0.717, 1.165) is 23.2 Å².